The van der Waals surface area contributed by atoms with Crippen molar-refractivity contribution < 1.29 is 27.3 Å². The minimum atomic E-state index is -4.72. The molecule has 0 atom stereocenters. The van der Waals surface area contributed by atoms with Crippen LogP contribution in [0.15, 0.2) is 48.5 Å². The van der Waals surface area contributed by atoms with Crippen molar-refractivity contribution in [3.63, 3.8) is 0 Å². The van der Waals surface area contributed by atoms with Gasteiger partial charge in [-0.05, 0) is 61.0 Å². The number of nitrogens with one attached hydrogen (secondary N) is 2. The van der Waals surface area contributed by atoms with Crippen LogP contribution >= 0.6 is 22.9 Å². The van der Waals surface area contributed by atoms with Crippen molar-refractivity contribution in [2.75, 3.05) is 34.1 Å². The van der Waals surface area contributed by atoms with E-state index in [1.165, 1.54) is 24.3 Å². The molecule has 2 heterocycles. The fourth-order valence-electron chi connectivity index (χ4n) is 3.76. The molecule has 0 radical (unpaired) electrons. The van der Waals surface area contributed by atoms with Gasteiger partial charge in [0.2, 0.25) is 0 Å². The molecule has 1 aliphatic heterocycles. The summed E-state index contributed by atoms with van der Waals surface area (Å²) in [6.07, 6.45) is 0. The third-order valence-corrected chi connectivity index (χ3v) is 7.36. The molecule has 196 valence electrons. The summed E-state index contributed by atoms with van der Waals surface area (Å²) in [4.78, 5) is 29.2. The maximum Gasteiger partial charge on any atom is 0.289 e. The van der Waals surface area contributed by atoms with Crippen LogP contribution in [0.3, 0.4) is 0 Å². The van der Waals surface area contributed by atoms with Crippen LogP contribution in [0.5, 0.6) is 0 Å². The number of thiophene rings is 1. The van der Waals surface area contributed by atoms with Gasteiger partial charge >= 0.3 is 0 Å². The SMILES string of the molecule is Cc1cc(N(CS(=O)(=O)O)C(=O)c2ccc(Cl)s2)c(C(=O)Nc2ccc(N3CCOC3=N)cc2)cc1C#N. The van der Waals surface area contributed by atoms with Gasteiger partial charge in [0.15, 0.2) is 5.88 Å². The predicted octanol–water partition coefficient (Wildman–Crippen LogP) is 4.10. The van der Waals surface area contributed by atoms with E-state index < -0.39 is 27.8 Å². The van der Waals surface area contributed by atoms with Crippen LogP contribution in [0, 0.1) is 23.7 Å². The van der Waals surface area contributed by atoms with Crippen molar-refractivity contribution in [1.29, 1.82) is 10.7 Å². The lowest BCUT2D eigenvalue weighted by molar-refractivity contribution is 0.0994. The number of amides is 2. The molecule has 38 heavy (non-hydrogen) atoms. The molecule has 11 nitrogen and oxygen atoms in total. The quantitative estimate of drug-likeness (QED) is 0.355. The van der Waals surface area contributed by atoms with Gasteiger partial charge in [0.25, 0.3) is 28.0 Å². The molecule has 1 aromatic heterocycles. The number of aryl methyl sites for hydroxylation is 1. The Hall–Kier alpha value is -3.96. The molecule has 14 heteroatoms. The normalized spacial score (nSPS) is 13.1. The molecule has 3 aromatic rings. The van der Waals surface area contributed by atoms with Crippen molar-refractivity contribution in [3.8, 4) is 6.07 Å². The van der Waals surface area contributed by atoms with Gasteiger partial charge in [0.1, 0.15) is 6.61 Å². The first-order chi connectivity index (χ1) is 18.0. The summed E-state index contributed by atoms with van der Waals surface area (Å²) in [6.45, 7) is 2.48. The average molecular weight is 574 g/mol. The van der Waals surface area contributed by atoms with E-state index in [0.29, 0.717) is 30.1 Å². The van der Waals surface area contributed by atoms with E-state index in [1.807, 2.05) is 6.07 Å². The molecule has 0 aliphatic carbocycles. The second-order valence-corrected chi connectivity index (χ2v) is 11.3. The number of carbonyl (C=O) groups is 2. The van der Waals surface area contributed by atoms with Crippen molar-refractivity contribution in [2.45, 2.75) is 6.92 Å². The van der Waals surface area contributed by atoms with Gasteiger partial charge in [-0.15, -0.1) is 11.3 Å². The van der Waals surface area contributed by atoms with Crippen molar-refractivity contribution >= 4 is 68.0 Å². The van der Waals surface area contributed by atoms with Crippen LogP contribution in [-0.4, -0.2) is 49.8 Å². The molecule has 0 bridgehead atoms. The highest BCUT2D eigenvalue weighted by Crippen LogP contribution is 2.31. The Morgan fingerprint density at radius 3 is 2.53 bits per heavy atom. The van der Waals surface area contributed by atoms with E-state index in [4.69, 9.17) is 21.7 Å². The monoisotopic (exact) mass is 573 g/mol. The van der Waals surface area contributed by atoms with Gasteiger partial charge in [0, 0.05) is 11.4 Å². The van der Waals surface area contributed by atoms with Crippen LogP contribution in [0.1, 0.15) is 31.2 Å². The molecule has 1 fully saturated rings. The Morgan fingerprint density at radius 1 is 1.26 bits per heavy atom. The minimum Gasteiger partial charge on any atom is -0.463 e. The van der Waals surface area contributed by atoms with Gasteiger partial charge in [-0.1, -0.05) is 11.6 Å². The zero-order valence-corrected chi connectivity index (χ0v) is 22.2. The van der Waals surface area contributed by atoms with Crippen molar-refractivity contribution in [1.82, 2.24) is 0 Å². The Kier molecular flexibility index (Phi) is 7.70. The Morgan fingerprint density at radius 2 is 1.97 bits per heavy atom. The highest BCUT2D eigenvalue weighted by molar-refractivity contribution is 7.85. The smallest absolute Gasteiger partial charge is 0.289 e. The Balaban J connectivity index is 1.72. The minimum absolute atomic E-state index is 0.0192. The first-order valence-electron chi connectivity index (χ1n) is 10.9. The summed E-state index contributed by atoms with van der Waals surface area (Å²) in [5, 5.41) is 20.0. The summed E-state index contributed by atoms with van der Waals surface area (Å²) in [5.74, 6) is -2.66. The number of anilines is 3. The van der Waals surface area contributed by atoms with E-state index in [-0.39, 0.29) is 32.0 Å². The van der Waals surface area contributed by atoms with Crippen molar-refractivity contribution in [2.24, 2.45) is 0 Å². The Bertz CT molecular complexity index is 1580. The van der Waals surface area contributed by atoms with Gasteiger partial charge < -0.3 is 10.1 Å². The number of hydrogen-bond acceptors (Lipinski definition) is 8. The van der Waals surface area contributed by atoms with Crippen LogP contribution in [0.4, 0.5) is 17.1 Å². The molecule has 1 saturated heterocycles. The Labute approximate surface area is 227 Å². The zero-order chi connectivity index (χ0) is 27.6. The maximum atomic E-state index is 13.4. The first-order valence-corrected chi connectivity index (χ1v) is 13.7. The fraction of sp³-hybridized carbons (Fsp3) is 0.167. The standard InChI is InChI=1S/C24H20ClN5O6S2/c1-14-10-19(30(13-38(33,34)35)23(32)20-6-7-21(25)37-20)18(11-15(14)12-26)22(31)28-16-2-4-17(5-3-16)29-8-9-36-24(29)27/h2-7,10-11,27H,8-9,13H2,1H3,(H,28,31)(H,33,34,35). The van der Waals surface area contributed by atoms with E-state index in [0.717, 1.165) is 16.2 Å². The molecular weight excluding hydrogens is 554 g/mol. The lowest BCUT2D eigenvalue weighted by atomic mass is 10.0. The first kappa shape index (κ1) is 27.1. The third kappa shape index (κ3) is 5.95. The second-order valence-electron chi connectivity index (χ2n) is 8.15. The van der Waals surface area contributed by atoms with Crippen molar-refractivity contribution in [3.05, 3.63) is 74.4 Å². The third-order valence-electron chi connectivity index (χ3n) is 5.56. The number of ether oxygens (including phenoxy) is 1. The second kappa shape index (κ2) is 10.8. The molecule has 4 rings (SSSR count). The fourth-order valence-corrected chi connectivity index (χ4v) is 5.34. The van der Waals surface area contributed by atoms with Gasteiger partial charge in [-0.25, -0.2) is 0 Å². The zero-order valence-electron chi connectivity index (χ0n) is 19.8. The number of hydrogen-bond donors (Lipinski definition) is 3. The van der Waals surface area contributed by atoms with Gasteiger partial charge in [-0.3, -0.25) is 29.4 Å². The molecule has 2 amide bonds. The topological polar surface area (TPSA) is 164 Å². The number of nitriles is 1. The highest BCUT2D eigenvalue weighted by atomic mass is 35.5. The molecule has 0 spiro atoms. The summed E-state index contributed by atoms with van der Waals surface area (Å²) >= 11 is 6.85. The molecule has 2 aromatic carbocycles. The summed E-state index contributed by atoms with van der Waals surface area (Å²) in [5.41, 5.74) is 1.30. The van der Waals surface area contributed by atoms with E-state index in [1.54, 1.807) is 36.1 Å². The number of nitrogens with zero attached hydrogens (tertiary/aromatic N) is 3. The lowest BCUT2D eigenvalue weighted by Gasteiger charge is -2.24. The van der Waals surface area contributed by atoms with E-state index in [2.05, 4.69) is 5.32 Å². The molecule has 1 aliphatic rings. The summed E-state index contributed by atoms with van der Waals surface area (Å²) in [6, 6.07) is 14.0. The molecule has 0 unspecified atom stereocenters. The van der Waals surface area contributed by atoms with Gasteiger partial charge in [-0.2, -0.15) is 13.7 Å². The largest absolute Gasteiger partial charge is 0.463 e. The number of benzene rings is 2. The molecular formula is C24H20ClN5O6S2. The lowest BCUT2D eigenvalue weighted by Crippen LogP contribution is -2.36. The number of carbonyl (C=O) groups excluding carboxylic acids is 2. The van der Waals surface area contributed by atoms with Crippen LogP contribution in [0.2, 0.25) is 4.34 Å². The van der Waals surface area contributed by atoms with Crippen LogP contribution < -0.4 is 15.1 Å². The molecule has 0 saturated carbocycles. The van der Waals surface area contributed by atoms with E-state index in [9.17, 15) is 27.8 Å². The number of amidine groups is 1. The highest BCUT2D eigenvalue weighted by Gasteiger charge is 2.29. The van der Waals surface area contributed by atoms with Gasteiger partial charge in [0.05, 0.1) is 38.6 Å². The number of rotatable bonds is 7. The number of halogens is 1. The van der Waals surface area contributed by atoms with Crippen LogP contribution in [0.25, 0.3) is 0 Å². The maximum absolute atomic E-state index is 13.4. The van der Waals surface area contributed by atoms with Crippen LogP contribution in [-0.2, 0) is 14.9 Å². The molecule has 3 N–H and O–H groups in total. The summed E-state index contributed by atoms with van der Waals surface area (Å²) in [7, 11) is -4.72. The average Bonchev–Trinajstić information content (AvgIpc) is 3.50. The summed E-state index contributed by atoms with van der Waals surface area (Å²) < 4.78 is 38.7. The predicted molar refractivity (Wildman–Crippen MR) is 144 cm³/mol. The van der Waals surface area contributed by atoms with E-state index >= 15 is 0 Å².